The molecule has 0 aliphatic carbocycles. The van der Waals surface area contributed by atoms with Gasteiger partial charge in [-0.15, -0.1) is 23.7 Å². The lowest BCUT2D eigenvalue weighted by Crippen LogP contribution is -2.50. The zero-order chi connectivity index (χ0) is 19.7. The largest absolute Gasteiger partial charge is 0.484 e. The quantitative estimate of drug-likeness (QED) is 0.628. The number of aryl methyl sites for hydroxylation is 3. The zero-order valence-corrected chi connectivity index (χ0v) is 18.5. The van der Waals surface area contributed by atoms with Crippen LogP contribution in [0.2, 0.25) is 0 Å². The van der Waals surface area contributed by atoms with Crippen LogP contribution in [-0.2, 0) is 4.79 Å². The molecule has 0 bridgehead atoms. The van der Waals surface area contributed by atoms with Crippen LogP contribution in [0.3, 0.4) is 0 Å². The highest BCUT2D eigenvalue weighted by atomic mass is 35.5. The van der Waals surface area contributed by atoms with Crippen molar-refractivity contribution in [1.29, 1.82) is 0 Å². The van der Waals surface area contributed by atoms with Crippen molar-refractivity contribution in [2.24, 2.45) is 0 Å². The van der Waals surface area contributed by atoms with Gasteiger partial charge in [-0.05, 0) is 38.5 Å². The molecule has 1 amide bonds. The first-order chi connectivity index (χ1) is 13.5. The number of thiophene rings is 1. The van der Waals surface area contributed by atoms with Gasteiger partial charge in [0.05, 0.1) is 5.39 Å². The van der Waals surface area contributed by atoms with E-state index in [4.69, 9.17) is 9.72 Å². The van der Waals surface area contributed by atoms with Crippen molar-refractivity contribution in [2.75, 3.05) is 37.7 Å². The predicted molar refractivity (Wildman–Crippen MR) is 120 cm³/mol. The van der Waals surface area contributed by atoms with E-state index in [1.165, 1.54) is 10.4 Å². The van der Waals surface area contributed by atoms with Crippen molar-refractivity contribution in [3.8, 4) is 5.75 Å². The second kappa shape index (κ2) is 8.97. The summed E-state index contributed by atoms with van der Waals surface area (Å²) < 4.78 is 5.60. The number of anilines is 1. The molecular formula is C21H25ClN4O2S. The van der Waals surface area contributed by atoms with Crippen LogP contribution in [0.4, 0.5) is 5.82 Å². The lowest BCUT2D eigenvalue weighted by molar-refractivity contribution is -0.133. The summed E-state index contributed by atoms with van der Waals surface area (Å²) in [5.74, 6) is 2.53. The molecule has 0 N–H and O–H groups in total. The normalized spacial score (nSPS) is 14.0. The van der Waals surface area contributed by atoms with Crippen molar-refractivity contribution in [3.05, 3.63) is 46.6 Å². The van der Waals surface area contributed by atoms with Crippen LogP contribution in [0.15, 0.2) is 30.3 Å². The molecule has 6 nitrogen and oxygen atoms in total. The highest BCUT2D eigenvalue weighted by Gasteiger charge is 2.25. The SMILES string of the molecule is Cc1nc(N2CCN(C(=O)COc3ccccc3)CC2)c2c(C)c(C)sc2n1.Cl. The number of aromatic nitrogens is 2. The van der Waals surface area contributed by atoms with Crippen LogP contribution < -0.4 is 9.64 Å². The van der Waals surface area contributed by atoms with Gasteiger partial charge < -0.3 is 14.5 Å². The third-order valence-corrected chi connectivity index (χ3v) is 6.26. The number of carbonyl (C=O) groups excluding carboxylic acids is 1. The number of para-hydroxylation sites is 1. The monoisotopic (exact) mass is 432 g/mol. The standard InChI is InChI=1S/C21H24N4O2S.ClH/c1-14-15(2)28-21-19(14)20(22-16(3)23-21)25-11-9-24(10-12-25)18(26)13-27-17-7-5-4-6-8-17;/h4-8H,9-13H2,1-3H3;1H. The fourth-order valence-corrected chi connectivity index (χ4v) is 4.55. The summed E-state index contributed by atoms with van der Waals surface area (Å²) in [4.78, 5) is 28.3. The Morgan fingerprint density at radius 1 is 1.07 bits per heavy atom. The van der Waals surface area contributed by atoms with Crippen molar-refractivity contribution >= 4 is 45.7 Å². The van der Waals surface area contributed by atoms with Crippen LogP contribution in [-0.4, -0.2) is 53.6 Å². The summed E-state index contributed by atoms with van der Waals surface area (Å²) in [6, 6.07) is 9.45. The smallest absolute Gasteiger partial charge is 0.260 e. The van der Waals surface area contributed by atoms with Crippen molar-refractivity contribution in [3.63, 3.8) is 0 Å². The molecule has 2 aromatic heterocycles. The number of benzene rings is 1. The van der Waals surface area contributed by atoms with E-state index < -0.39 is 0 Å². The Morgan fingerprint density at radius 2 is 1.76 bits per heavy atom. The highest BCUT2D eigenvalue weighted by molar-refractivity contribution is 7.18. The molecule has 8 heteroatoms. The number of nitrogens with zero attached hydrogens (tertiary/aromatic N) is 4. The fraction of sp³-hybridized carbons (Fsp3) is 0.381. The third kappa shape index (κ3) is 4.46. The van der Waals surface area contributed by atoms with Crippen LogP contribution in [0.25, 0.3) is 10.2 Å². The topological polar surface area (TPSA) is 58.6 Å². The van der Waals surface area contributed by atoms with E-state index >= 15 is 0 Å². The summed E-state index contributed by atoms with van der Waals surface area (Å²) in [6.45, 7) is 9.14. The Balaban J connectivity index is 0.00000240. The number of carbonyl (C=O) groups is 1. The Kier molecular flexibility index (Phi) is 6.59. The number of piperazine rings is 1. The van der Waals surface area contributed by atoms with E-state index in [1.54, 1.807) is 11.3 Å². The van der Waals surface area contributed by atoms with Crippen molar-refractivity contribution in [1.82, 2.24) is 14.9 Å². The molecule has 1 fully saturated rings. The first kappa shape index (κ1) is 21.3. The van der Waals surface area contributed by atoms with Crippen molar-refractivity contribution < 1.29 is 9.53 Å². The molecule has 0 unspecified atom stereocenters. The van der Waals surface area contributed by atoms with Crippen LogP contribution >= 0.6 is 23.7 Å². The second-order valence-electron chi connectivity index (χ2n) is 7.03. The van der Waals surface area contributed by atoms with Gasteiger partial charge in [0.25, 0.3) is 5.91 Å². The molecule has 0 radical (unpaired) electrons. The van der Waals surface area contributed by atoms with E-state index in [9.17, 15) is 4.79 Å². The first-order valence-electron chi connectivity index (χ1n) is 9.48. The van der Waals surface area contributed by atoms with Crippen LogP contribution in [0, 0.1) is 20.8 Å². The number of hydrogen-bond donors (Lipinski definition) is 0. The molecule has 1 aromatic carbocycles. The lowest BCUT2D eigenvalue weighted by Gasteiger charge is -2.35. The molecule has 1 saturated heterocycles. The maximum Gasteiger partial charge on any atom is 0.260 e. The number of rotatable bonds is 4. The molecule has 0 saturated carbocycles. The molecule has 0 atom stereocenters. The van der Waals surface area contributed by atoms with Gasteiger partial charge in [-0.2, -0.15) is 0 Å². The van der Waals surface area contributed by atoms with Gasteiger partial charge in [-0.25, -0.2) is 9.97 Å². The molecule has 3 heterocycles. The third-order valence-electron chi connectivity index (χ3n) is 5.16. The Labute approximate surface area is 180 Å². The van der Waals surface area contributed by atoms with Crippen molar-refractivity contribution in [2.45, 2.75) is 20.8 Å². The van der Waals surface area contributed by atoms with E-state index in [-0.39, 0.29) is 24.9 Å². The molecule has 1 aliphatic heterocycles. The Morgan fingerprint density at radius 3 is 2.45 bits per heavy atom. The summed E-state index contributed by atoms with van der Waals surface area (Å²) in [6.07, 6.45) is 0. The Hall–Kier alpha value is -2.38. The number of amides is 1. The summed E-state index contributed by atoms with van der Waals surface area (Å²) >= 11 is 1.72. The zero-order valence-electron chi connectivity index (χ0n) is 16.8. The average Bonchev–Trinajstić information content (AvgIpc) is 3.00. The highest BCUT2D eigenvalue weighted by Crippen LogP contribution is 2.35. The minimum absolute atomic E-state index is 0. The van der Waals surface area contributed by atoms with Gasteiger partial charge in [0.15, 0.2) is 6.61 Å². The van der Waals surface area contributed by atoms with E-state index in [1.807, 2.05) is 42.2 Å². The number of hydrogen-bond acceptors (Lipinski definition) is 6. The summed E-state index contributed by atoms with van der Waals surface area (Å²) in [5.41, 5.74) is 1.25. The predicted octanol–water partition coefficient (Wildman–Crippen LogP) is 3.77. The molecule has 1 aliphatic rings. The second-order valence-corrected chi connectivity index (χ2v) is 8.23. The van der Waals surface area contributed by atoms with Gasteiger partial charge in [-0.1, -0.05) is 18.2 Å². The number of halogens is 1. The average molecular weight is 433 g/mol. The molecule has 4 rings (SSSR count). The van der Waals surface area contributed by atoms with Crippen LogP contribution in [0.5, 0.6) is 5.75 Å². The van der Waals surface area contributed by atoms with E-state index in [0.717, 1.165) is 40.7 Å². The minimum atomic E-state index is 0. The molecular weight excluding hydrogens is 408 g/mol. The molecule has 3 aromatic rings. The van der Waals surface area contributed by atoms with E-state index in [0.29, 0.717) is 13.1 Å². The summed E-state index contributed by atoms with van der Waals surface area (Å²) in [7, 11) is 0. The molecule has 29 heavy (non-hydrogen) atoms. The first-order valence-corrected chi connectivity index (χ1v) is 10.3. The number of ether oxygens (including phenoxy) is 1. The van der Waals surface area contributed by atoms with Gasteiger partial charge in [0.1, 0.15) is 22.2 Å². The van der Waals surface area contributed by atoms with Crippen LogP contribution in [0.1, 0.15) is 16.3 Å². The molecule has 0 spiro atoms. The number of fused-ring (bicyclic) bond motifs is 1. The Bertz CT molecular complexity index is 1000. The lowest BCUT2D eigenvalue weighted by atomic mass is 10.2. The maximum atomic E-state index is 12.5. The van der Waals surface area contributed by atoms with Gasteiger partial charge in [-0.3, -0.25) is 4.79 Å². The minimum Gasteiger partial charge on any atom is -0.484 e. The maximum absolute atomic E-state index is 12.5. The van der Waals surface area contributed by atoms with Gasteiger partial charge in [0, 0.05) is 31.1 Å². The van der Waals surface area contributed by atoms with Gasteiger partial charge in [0.2, 0.25) is 0 Å². The fourth-order valence-electron chi connectivity index (χ4n) is 3.48. The molecule has 154 valence electrons. The summed E-state index contributed by atoms with van der Waals surface area (Å²) in [5, 5.41) is 1.15. The van der Waals surface area contributed by atoms with Gasteiger partial charge >= 0.3 is 0 Å². The van der Waals surface area contributed by atoms with E-state index in [2.05, 4.69) is 23.7 Å².